The van der Waals surface area contributed by atoms with Crippen LogP contribution in [0.4, 0.5) is 13.2 Å². The molecular formula is C21H16F3N5O3S. The maximum absolute atomic E-state index is 14.7. The van der Waals surface area contributed by atoms with Gasteiger partial charge in [-0.25, -0.2) is 22.9 Å². The molecule has 2 aromatic heterocycles. The highest BCUT2D eigenvalue weighted by molar-refractivity contribution is 7.13. The van der Waals surface area contributed by atoms with E-state index in [-0.39, 0.29) is 30.0 Å². The van der Waals surface area contributed by atoms with Crippen LogP contribution < -0.4 is 16.2 Å². The van der Waals surface area contributed by atoms with Gasteiger partial charge in [-0.1, -0.05) is 17.4 Å². The van der Waals surface area contributed by atoms with Crippen LogP contribution in [0.3, 0.4) is 0 Å². The molecule has 0 radical (unpaired) electrons. The van der Waals surface area contributed by atoms with Crippen molar-refractivity contribution < 1.29 is 22.7 Å². The monoisotopic (exact) mass is 475 g/mol. The molecule has 0 fully saturated rings. The van der Waals surface area contributed by atoms with Crippen molar-refractivity contribution in [3.63, 3.8) is 0 Å². The van der Waals surface area contributed by atoms with Crippen molar-refractivity contribution in [2.24, 2.45) is 5.73 Å². The highest BCUT2D eigenvalue weighted by Gasteiger charge is 2.17. The predicted molar refractivity (Wildman–Crippen MR) is 113 cm³/mol. The predicted octanol–water partition coefficient (Wildman–Crippen LogP) is 3.08. The quantitative estimate of drug-likeness (QED) is 0.442. The van der Waals surface area contributed by atoms with Crippen LogP contribution in [0.5, 0.6) is 10.8 Å². The number of hydrogen-bond donors (Lipinski definition) is 1. The molecule has 0 saturated heterocycles. The van der Waals surface area contributed by atoms with Gasteiger partial charge in [0.1, 0.15) is 23.0 Å². The number of carbonyl (C=O) groups is 1. The summed E-state index contributed by atoms with van der Waals surface area (Å²) < 4.78 is 50.0. The number of thiazole rings is 1. The molecule has 2 N–H and O–H groups in total. The Kier molecular flexibility index (Phi) is 6.01. The van der Waals surface area contributed by atoms with Crippen LogP contribution >= 0.6 is 11.3 Å². The summed E-state index contributed by atoms with van der Waals surface area (Å²) in [5, 5.41) is 4.64. The van der Waals surface area contributed by atoms with Gasteiger partial charge in [-0.05, 0) is 31.2 Å². The van der Waals surface area contributed by atoms with Crippen molar-refractivity contribution in [1.29, 1.82) is 0 Å². The normalized spacial score (nSPS) is 11.0. The van der Waals surface area contributed by atoms with Gasteiger partial charge in [0, 0.05) is 11.6 Å². The zero-order valence-electron chi connectivity index (χ0n) is 17.1. The Hall–Kier alpha value is -3.93. The number of halogens is 3. The van der Waals surface area contributed by atoms with E-state index in [2.05, 4.69) is 10.1 Å². The lowest BCUT2D eigenvalue weighted by Crippen LogP contribution is -2.24. The van der Waals surface area contributed by atoms with Crippen LogP contribution in [0.1, 0.15) is 16.3 Å². The van der Waals surface area contributed by atoms with E-state index in [4.69, 9.17) is 10.5 Å². The molecule has 0 atom stereocenters. The van der Waals surface area contributed by atoms with Crippen molar-refractivity contribution in [3.8, 4) is 16.5 Å². The second-order valence-electron chi connectivity index (χ2n) is 6.99. The van der Waals surface area contributed by atoms with Gasteiger partial charge in [0.2, 0.25) is 11.0 Å². The van der Waals surface area contributed by atoms with Crippen molar-refractivity contribution in [2.75, 3.05) is 0 Å². The van der Waals surface area contributed by atoms with Crippen molar-refractivity contribution in [2.45, 2.75) is 19.9 Å². The molecule has 4 aromatic rings. The average Bonchev–Trinajstić information content (AvgIpc) is 3.27. The first-order valence-electron chi connectivity index (χ1n) is 9.52. The van der Waals surface area contributed by atoms with Crippen molar-refractivity contribution >= 4 is 17.2 Å². The minimum Gasteiger partial charge on any atom is -0.442 e. The third kappa shape index (κ3) is 4.65. The number of ether oxygens (including phenoxy) is 1. The van der Waals surface area contributed by atoms with E-state index in [1.165, 1.54) is 18.2 Å². The number of carbonyl (C=O) groups excluding carboxylic acids is 1. The minimum atomic E-state index is -0.792. The summed E-state index contributed by atoms with van der Waals surface area (Å²) in [6.45, 7) is 1.27. The third-order valence-electron chi connectivity index (χ3n) is 4.61. The molecular weight excluding hydrogens is 459 g/mol. The van der Waals surface area contributed by atoms with Gasteiger partial charge in [0.15, 0.2) is 11.6 Å². The summed E-state index contributed by atoms with van der Waals surface area (Å²) in [4.78, 5) is 27.9. The molecule has 33 heavy (non-hydrogen) atoms. The van der Waals surface area contributed by atoms with Crippen LogP contribution in [0.2, 0.25) is 0 Å². The maximum atomic E-state index is 14.7. The topological polar surface area (TPSA) is 105 Å². The van der Waals surface area contributed by atoms with Gasteiger partial charge in [-0.2, -0.15) is 9.78 Å². The van der Waals surface area contributed by atoms with Gasteiger partial charge < -0.3 is 10.5 Å². The molecule has 0 aliphatic rings. The van der Waals surface area contributed by atoms with Gasteiger partial charge in [0.25, 0.3) is 0 Å². The van der Waals surface area contributed by atoms with Gasteiger partial charge in [-0.15, -0.1) is 0 Å². The molecule has 4 rings (SSSR count). The molecule has 0 bridgehead atoms. The molecule has 170 valence electrons. The van der Waals surface area contributed by atoms with Crippen LogP contribution in [-0.4, -0.2) is 25.2 Å². The smallest absolute Gasteiger partial charge is 0.350 e. The second kappa shape index (κ2) is 8.90. The zero-order chi connectivity index (χ0) is 23.7. The first-order chi connectivity index (χ1) is 15.7. The second-order valence-corrected chi connectivity index (χ2v) is 8.04. The summed E-state index contributed by atoms with van der Waals surface area (Å²) in [5.41, 5.74) is 4.72. The number of primary amides is 1. The Balaban J connectivity index is 1.57. The molecule has 1 amide bonds. The number of nitrogens with two attached hydrogens (primary N) is 1. The highest BCUT2D eigenvalue weighted by atomic mass is 32.1. The number of benzene rings is 2. The molecule has 0 saturated carbocycles. The van der Waals surface area contributed by atoms with Crippen LogP contribution in [0, 0.1) is 24.4 Å². The number of aromatic nitrogens is 4. The molecule has 0 aliphatic carbocycles. The lowest BCUT2D eigenvalue weighted by atomic mass is 10.2. The molecule has 0 aliphatic heterocycles. The standard InChI is InChI=1S/C21H16F3N5O3S/c1-11-20(33-19(27-11)8-18(25)30)32-17-6-5-12(7-16(17)24)29-21(31)28(10-26-29)9-13-14(22)3-2-4-15(13)23/h2-7,10H,8-9H2,1H3,(H2,25,30). The largest absolute Gasteiger partial charge is 0.442 e. The first-order valence-corrected chi connectivity index (χ1v) is 10.3. The molecule has 0 spiro atoms. The van der Waals surface area contributed by atoms with Crippen LogP contribution in [0.15, 0.2) is 47.5 Å². The fraction of sp³-hybridized carbons (Fsp3) is 0.143. The van der Waals surface area contributed by atoms with E-state index in [9.17, 15) is 22.8 Å². The highest BCUT2D eigenvalue weighted by Crippen LogP contribution is 2.33. The number of amides is 1. The summed E-state index contributed by atoms with van der Waals surface area (Å²) >= 11 is 1.07. The summed E-state index contributed by atoms with van der Waals surface area (Å²) in [7, 11) is 0. The molecule has 12 heteroatoms. The summed E-state index contributed by atoms with van der Waals surface area (Å²) in [6.07, 6.45) is 1.05. The molecule has 8 nitrogen and oxygen atoms in total. The van der Waals surface area contributed by atoms with Gasteiger partial charge >= 0.3 is 5.69 Å². The number of hydrogen-bond acceptors (Lipinski definition) is 6. The van der Waals surface area contributed by atoms with E-state index in [1.807, 2.05) is 0 Å². The Labute approximate surface area is 188 Å². The third-order valence-corrected chi connectivity index (χ3v) is 5.65. The average molecular weight is 475 g/mol. The Morgan fingerprint density at radius 1 is 1.15 bits per heavy atom. The number of nitrogens with zero attached hydrogens (tertiary/aromatic N) is 4. The summed E-state index contributed by atoms with van der Waals surface area (Å²) in [5.74, 6) is -3.04. The zero-order valence-corrected chi connectivity index (χ0v) is 17.9. The first kappa shape index (κ1) is 22.3. The van der Waals surface area contributed by atoms with Gasteiger partial charge in [0.05, 0.1) is 24.3 Å². The molecule has 2 aromatic carbocycles. The fourth-order valence-corrected chi connectivity index (χ4v) is 3.97. The van der Waals surface area contributed by atoms with E-state index in [0.29, 0.717) is 15.8 Å². The number of rotatable bonds is 7. The lowest BCUT2D eigenvalue weighted by Gasteiger charge is -2.07. The number of aryl methyl sites for hydroxylation is 1. The Morgan fingerprint density at radius 3 is 2.55 bits per heavy atom. The van der Waals surface area contributed by atoms with E-state index in [1.54, 1.807) is 6.92 Å². The maximum Gasteiger partial charge on any atom is 0.350 e. The molecule has 2 heterocycles. The Morgan fingerprint density at radius 2 is 1.88 bits per heavy atom. The van der Waals surface area contributed by atoms with E-state index < -0.39 is 29.0 Å². The fourth-order valence-electron chi connectivity index (χ4n) is 3.03. The van der Waals surface area contributed by atoms with E-state index in [0.717, 1.165) is 45.1 Å². The van der Waals surface area contributed by atoms with Crippen molar-refractivity contribution in [3.05, 3.63) is 86.9 Å². The van der Waals surface area contributed by atoms with Gasteiger partial charge in [-0.3, -0.25) is 9.36 Å². The summed E-state index contributed by atoms with van der Waals surface area (Å²) in [6, 6.07) is 7.14. The van der Waals surface area contributed by atoms with Crippen LogP contribution in [-0.2, 0) is 17.8 Å². The Bertz CT molecular complexity index is 1390. The SMILES string of the molecule is Cc1nc(CC(N)=O)sc1Oc1ccc(-n2ncn(Cc3c(F)cccc3F)c2=O)cc1F. The minimum absolute atomic E-state index is 0.0569. The van der Waals surface area contributed by atoms with Crippen molar-refractivity contribution in [1.82, 2.24) is 19.3 Å². The molecule has 0 unspecified atom stereocenters. The van der Waals surface area contributed by atoms with Crippen LogP contribution in [0.25, 0.3) is 5.69 Å². The van der Waals surface area contributed by atoms with E-state index >= 15 is 0 Å². The lowest BCUT2D eigenvalue weighted by molar-refractivity contribution is -0.117.